The molecule has 0 atom stereocenters. The summed E-state index contributed by atoms with van der Waals surface area (Å²) < 4.78 is 23.5. The molecule has 0 saturated heterocycles. The SMILES string of the molecule is OC1=CC(F)(F)N=C1. The van der Waals surface area contributed by atoms with Crippen LogP contribution in [0.1, 0.15) is 0 Å². The van der Waals surface area contributed by atoms with Gasteiger partial charge in [-0.05, 0) is 0 Å². The van der Waals surface area contributed by atoms with Crippen LogP contribution in [0.15, 0.2) is 16.8 Å². The summed E-state index contributed by atoms with van der Waals surface area (Å²) in [5.74, 6) is -0.477. The third-order valence-corrected chi connectivity index (χ3v) is 0.690. The van der Waals surface area contributed by atoms with Crippen LogP contribution in [0.4, 0.5) is 8.78 Å². The second-order valence-electron chi connectivity index (χ2n) is 1.42. The van der Waals surface area contributed by atoms with Crippen molar-refractivity contribution in [1.82, 2.24) is 0 Å². The summed E-state index contributed by atoms with van der Waals surface area (Å²) in [5.41, 5.74) is 0. The highest BCUT2D eigenvalue weighted by molar-refractivity contribution is 5.78. The molecule has 1 aliphatic heterocycles. The number of nitrogens with zero attached hydrogens (tertiary/aromatic N) is 1. The van der Waals surface area contributed by atoms with E-state index in [0.717, 1.165) is 6.21 Å². The number of rotatable bonds is 0. The third kappa shape index (κ3) is 0.828. The lowest BCUT2D eigenvalue weighted by Crippen LogP contribution is -2.02. The van der Waals surface area contributed by atoms with Gasteiger partial charge in [-0.3, -0.25) is 0 Å². The molecule has 0 unspecified atom stereocenters. The number of aliphatic imine (C=N–C) groups is 1. The van der Waals surface area contributed by atoms with Crippen molar-refractivity contribution < 1.29 is 13.9 Å². The standard InChI is InChI=1S/C4H3F2NO/c5-4(6)1-3(8)2-7-4/h1-2,8H. The van der Waals surface area contributed by atoms with Crippen molar-refractivity contribution in [2.75, 3.05) is 0 Å². The number of aliphatic hydroxyl groups excluding tert-OH is 1. The Morgan fingerprint density at radius 3 is 2.38 bits per heavy atom. The Morgan fingerprint density at radius 2 is 2.25 bits per heavy atom. The van der Waals surface area contributed by atoms with Crippen LogP contribution in [0.5, 0.6) is 0 Å². The second-order valence-corrected chi connectivity index (χ2v) is 1.42. The van der Waals surface area contributed by atoms with Gasteiger partial charge in [0.25, 0.3) is 0 Å². The summed E-state index contributed by atoms with van der Waals surface area (Å²) in [7, 11) is 0. The van der Waals surface area contributed by atoms with Gasteiger partial charge in [-0.15, -0.1) is 0 Å². The van der Waals surface area contributed by atoms with Crippen LogP contribution in [-0.4, -0.2) is 17.4 Å². The molecular formula is C4H3F2NO. The van der Waals surface area contributed by atoms with Crippen molar-refractivity contribution >= 4 is 6.21 Å². The number of aliphatic hydroxyl groups is 1. The maximum atomic E-state index is 11.8. The summed E-state index contributed by atoms with van der Waals surface area (Å²) in [6.07, 6.45) is 1.10. The number of hydrogen-bond acceptors (Lipinski definition) is 2. The van der Waals surface area contributed by atoms with Gasteiger partial charge in [0.15, 0.2) is 0 Å². The molecule has 8 heavy (non-hydrogen) atoms. The lowest BCUT2D eigenvalue weighted by Gasteiger charge is -1.95. The van der Waals surface area contributed by atoms with Gasteiger partial charge < -0.3 is 5.11 Å². The lowest BCUT2D eigenvalue weighted by molar-refractivity contribution is 0.0682. The van der Waals surface area contributed by atoms with E-state index in [0.29, 0.717) is 6.08 Å². The third-order valence-electron chi connectivity index (χ3n) is 0.690. The highest BCUT2D eigenvalue weighted by atomic mass is 19.3. The van der Waals surface area contributed by atoms with Gasteiger partial charge in [0.2, 0.25) is 0 Å². The number of alkyl halides is 2. The Hall–Kier alpha value is -0.930. The van der Waals surface area contributed by atoms with Gasteiger partial charge in [0, 0.05) is 0 Å². The van der Waals surface area contributed by atoms with E-state index in [1.165, 1.54) is 0 Å². The zero-order chi connectivity index (χ0) is 6.20. The van der Waals surface area contributed by atoms with Crippen molar-refractivity contribution in [2.24, 2.45) is 4.99 Å². The fourth-order valence-electron chi connectivity index (χ4n) is 0.405. The van der Waals surface area contributed by atoms with Gasteiger partial charge >= 0.3 is 6.05 Å². The highest BCUT2D eigenvalue weighted by Crippen LogP contribution is 2.21. The molecule has 0 fully saturated rings. The topological polar surface area (TPSA) is 32.6 Å². The second kappa shape index (κ2) is 1.27. The van der Waals surface area contributed by atoms with Crippen molar-refractivity contribution in [3.05, 3.63) is 11.8 Å². The van der Waals surface area contributed by atoms with E-state index in [1.54, 1.807) is 0 Å². The molecule has 0 radical (unpaired) electrons. The molecule has 0 aromatic carbocycles. The van der Waals surface area contributed by atoms with Gasteiger partial charge in [-0.25, -0.2) is 4.99 Å². The number of allylic oxidation sites excluding steroid dienone is 1. The Labute approximate surface area is 44.2 Å². The quantitative estimate of drug-likeness (QED) is 0.476. The summed E-state index contributed by atoms with van der Waals surface area (Å²) in [5, 5.41) is 8.30. The first-order valence-electron chi connectivity index (χ1n) is 1.95. The van der Waals surface area contributed by atoms with E-state index < -0.39 is 11.8 Å². The number of hydrogen-bond donors (Lipinski definition) is 1. The van der Waals surface area contributed by atoms with Crippen LogP contribution in [-0.2, 0) is 0 Å². The molecule has 44 valence electrons. The number of halogens is 2. The molecule has 0 saturated carbocycles. The monoisotopic (exact) mass is 119 g/mol. The Bertz CT molecular complexity index is 161. The molecule has 0 aliphatic carbocycles. The molecule has 1 rings (SSSR count). The smallest absolute Gasteiger partial charge is 0.366 e. The molecule has 1 N–H and O–H groups in total. The minimum Gasteiger partial charge on any atom is -0.506 e. The highest BCUT2D eigenvalue weighted by Gasteiger charge is 2.28. The fourth-order valence-corrected chi connectivity index (χ4v) is 0.405. The van der Waals surface area contributed by atoms with Crippen molar-refractivity contribution in [3.63, 3.8) is 0 Å². The van der Waals surface area contributed by atoms with Gasteiger partial charge in [0.05, 0.1) is 12.3 Å². The Balaban J connectivity index is 2.84. The van der Waals surface area contributed by atoms with Crippen molar-refractivity contribution in [3.8, 4) is 0 Å². The first-order chi connectivity index (χ1) is 3.60. The Kier molecular flexibility index (Phi) is 0.829. The van der Waals surface area contributed by atoms with E-state index in [-0.39, 0.29) is 0 Å². The van der Waals surface area contributed by atoms with Gasteiger partial charge in [-0.1, -0.05) is 0 Å². The molecule has 1 aliphatic rings. The normalized spacial score (nSPS) is 23.5. The average molecular weight is 119 g/mol. The Morgan fingerprint density at radius 1 is 1.62 bits per heavy atom. The van der Waals surface area contributed by atoms with Crippen LogP contribution >= 0.6 is 0 Å². The minimum absolute atomic E-state index is 0.382. The van der Waals surface area contributed by atoms with E-state index in [1.807, 2.05) is 0 Å². The predicted molar refractivity (Wildman–Crippen MR) is 24.2 cm³/mol. The largest absolute Gasteiger partial charge is 0.506 e. The van der Waals surface area contributed by atoms with Crippen LogP contribution in [0, 0.1) is 0 Å². The van der Waals surface area contributed by atoms with Crippen molar-refractivity contribution in [2.45, 2.75) is 6.05 Å². The summed E-state index contributed by atoms with van der Waals surface area (Å²) in [6, 6.07) is -3.18. The first kappa shape index (κ1) is 5.21. The van der Waals surface area contributed by atoms with Crippen LogP contribution in [0.2, 0.25) is 0 Å². The average Bonchev–Trinajstić information content (AvgIpc) is 1.82. The molecule has 0 spiro atoms. The molecule has 0 amide bonds. The maximum Gasteiger partial charge on any atom is 0.366 e. The predicted octanol–water partition coefficient (Wildman–Crippen LogP) is 1.11. The molecule has 4 heteroatoms. The van der Waals surface area contributed by atoms with E-state index in [4.69, 9.17) is 5.11 Å². The fraction of sp³-hybridized carbons (Fsp3) is 0.250. The van der Waals surface area contributed by atoms with Crippen LogP contribution in [0.3, 0.4) is 0 Å². The maximum absolute atomic E-state index is 11.8. The van der Waals surface area contributed by atoms with Crippen molar-refractivity contribution in [1.29, 1.82) is 0 Å². The van der Waals surface area contributed by atoms with Gasteiger partial charge in [-0.2, -0.15) is 8.78 Å². The summed E-state index contributed by atoms with van der Waals surface area (Å²) in [6.45, 7) is 0. The summed E-state index contributed by atoms with van der Waals surface area (Å²) >= 11 is 0. The van der Waals surface area contributed by atoms with Gasteiger partial charge in [0.1, 0.15) is 5.76 Å². The molecule has 2 nitrogen and oxygen atoms in total. The summed E-state index contributed by atoms with van der Waals surface area (Å²) in [4.78, 5) is 2.65. The zero-order valence-electron chi connectivity index (χ0n) is 3.81. The molecule has 0 aromatic rings. The molecule has 0 aromatic heterocycles. The molecule has 0 bridgehead atoms. The van der Waals surface area contributed by atoms with E-state index >= 15 is 0 Å². The van der Waals surface area contributed by atoms with Crippen LogP contribution < -0.4 is 0 Å². The molecule has 1 heterocycles. The van der Waals surface area contributed by atoms with E-state index in [9.17, 15) is 8.78 Å². The molecular weight excluding hydrogens is 116 g/mol. The first-order valence-corrected chi connectivity index (χ1v) is 1.95. The van der Waals surface area contributed by atoms with Crippen LogP contribution in [0.25, 0.3) is 0 Å². The zero-order valence-corrected chi connectivity index (χ0v) is 3.81. The minimum atomic E-state index is -3.18. The van der Waals surface area contributed by atoms with E-state index in [2.05, 4.69) is 4.99 Å². The lowest BCUT2D eigenvalue weighted by atomic mass is 10.5.